The highest BCUT2D eigenvalue weighted by Gasteiger charge is 2.10. The van der Waals surface area contributed by atoms with Gasteiger partial charge in [-0.15, -0.1) is 0 Å². The van der Waals surface area contributed by atoms with Crippen LogP contribution in [0.5, 0.6) is 0 Å². The second-order valence-electron chi connectivity index (χ2n) is 2.97. The van der Waals surface area contributed by atoms with Crippen molar-refractivity contribution in [2.75, 3.05) is 18.0 Å². The lowest BCUT2D eigenvalue weighted by atomic mass is 10.4. The summed E-state index contributed by atoms with van der Waals surface area (Å²) in [6, 6.07) is 0. The number of nitrogens with zero attached hydrogens (tertiary/aromatic N) is 4. The van der Waals surface area contributed by atoms with Crippen molar-refractivity contribution in [3.8, 4) is 0 Å². The molecule has 5 heteroatoms. The van der Waals surface area contributed by atoms with Crippen LogP contribution < -0.4 is 4.90 Å². The van der Waals surface area contributed by atoms with Crippen LogP contribution in [0.2, 0.25) is 0 Å². The van der Waals surface area contributed by atoms with Crippen molar-refractivity contribution in [2.45, 2.75) is 13.8 Å². The molecule has 2 rings (SSSR count). The normalized spacial score (nSPS) is 10.7. The molecule has 0 amide bonds. The van der Waals surface area contributed by atoms with Crippen molar-refractivity contribution < 1.29 is 0 Å². The highest BCUT2D eigenvalue weighted by Crippen LogP contribution is 2.18. The van der Waals surface area contributed by atoms with Gasteiger partial charge in [0, 0.05) is 13.1 Å². The molecule has 0 fully saturated rings. The number of fused-ring (bicyclic) bond motifs is 1. The monoisotopic (exact) mass is 191 g/mol. The molecule has 0 aromatic carbocycles. The summed E-state index contributed by atoms with van der Waals surface area (Å²) in [6.07, 6.45) is 3.20. The zero-order chi connectivity index (χ0) is 9.97. The Bertz CT molecular complexity index is 418. The minimum absolute atomic E-state index is 0.724. The van der Waals surface area contributed by atoms with Crippen LogP contribution in [0.25, 0.3) is 11.2 Å². The standard InChI is InChI=1S/C9H13N5/c1-3-14(4-2)9-7-8(11-5-10-7)12-6-13-9/h5-6H,3-4H2,1-2H3,(H,10,11,12,13). The van der Waals surface area contributed by atoms with E-state index in [1.807, 2.05) is 0 Å². The van der Waals surface area contributed by atoms with Crippen molar-refractivity contribution in [1.82, 2.24) is 19.9 Å². The number of rotatable bonds is 3. The second kappa shape index (κ2) is 3.61. The van der Waals surface area contributed by atoms with Crippen molar-refractivity contribution >= 4 is 17.0 Å². The summed E-state index contributed by atoms with van der Waals surface area (Å²) in [5.41, 5.74) is 1.64. The first-order chi connectivity index (χ1) is 6.86. The summed E-state index contributed by atoms with van der Waals surface area (Å²) in [6.45, 7) is 6.07. The predicted molar refractivity (Wildman–Crippen MR) is 55.2 cm³/mol. The predicted octanol–water partition coefficient (Wildman–Crippen LogP) is 1.20. The van der Waals surface area contributed by atoms with Gasteiger partial charge >= 0.3 is 0 Å². The fourth-order valence-corrected chi connectivity index (χ4v) is 1.52. The Balaban J connectivity index is 2.54. The van der Waals surface area contributed by atoms with Crippen LogP contribution in [-0.4, -0.2) is 33.0 Å². The Morgan fingerprint density at radius 1 is 1.21 bits per heavy atom. The Labute approximate surface area is 82.2 Å². The molecular weight excluding hydrogens is 178 g/mol. The molecule has 2 aromatic heterocycles. The van der Waals surface area contributed by atoms with Crippen molar-refractivity contribution in [1.29, 1.82) is 0 Å². The van der Waals surface area contributed by atoms with Crippen LogP contribution in [0.1, 0.15) is 13.8 Å². The molecule has 0 aliphatic heterocycles. The molecule has 0 saturated heterocycles. The second-order valence-corrected chi connectivity index (χ2v) is 2.97. The molecular formula is C9H13N5. The number of anilines is 1. The lowest BCUT2D eigenvalue weighted by Gasteiger charge is -2.19. The largest absolute Gasteiger partial charge is 0.355 e. The smallest absolute Gasteiger partial charge is 0.182 e. The highest BCUT2D eigenvalue weighted by molar-refractivity contribution is 5.82. The van der Waals surface area contributed by atoms with Gasteiger partial charge in [-0.2, -0.15) is 0 Å². The molecule has 0 saturated carbocycles. The van der Waals surface area contributed by atoms with Gasteiger partial charge in [-0.1, -0.05) is 0 Å². The van der Waals surface area contributed by atoms with Gasteiger partial charge in [0.2, 0.25) is 0 Å². The molecule has 5 nitrogen and oxygen atoms in total. The number of hydrogen-bond donors (Lipinski definition) is 1. The van der Waals surface area contributed by atoms with Crippen LogP contribution in [-0.2, 0) is 0 Å². The van der Waals surface area contributed by atoms with Crippen LogP contribution in [0.15, 0.2) is 12.7 Å². The summed E-state index contributed by atoms with van der Waals surface area (Å²) in [5, 5.41) is 0. The van der Waals surface area contributed by atoms with E-state index in [9.17, 15) is 0 Å². The van der Waals surface area contributed by atoms with Crippen LogP contribution in [0.3, 0.4) is 0 Å². The third kappa shape index (κ3) is 1.30. The fraction of sp³-hybridized carbons (Fsp3) is 0.444. The highest BCUT2D eigenvalue weighted by atomic mass is 15.2. The first kappa shape index (κ1) is 8.93. The molecule has 0 aliphatic rings. The summed E-state index contributed by atoms with van der Waals surface area (Å²) < 4.78 is 0. The molecule has 74 valence electrons. The van der Waals surface area contributed by atoms with Gasteiger partial charge in [-0.05, 0) is 13.8 Å². The summed E-state index contributed by atoms with van der Waals surface area (Å²) in [4.78, 5) is 17.7. The maximum atomic E-state index is 4.26. The van der Waals surface area contributed by atoms with Gasteiger partial charge in [-0.25, -0.2) is 15.0 Å². The van der Waals surface area contributed by atoms with E-state index in [0.29, 0.717) is 0 Å². The fourth-order valence-electron chi connectivity index (χ4n) is 1.52. The molecule has 0 unspecified atom stereocenters. The molecule has 14 heavy (non-hydrogen) atoms. The van der Waals surface area contributed by atoms with E-state index in [0.717, 1.165) is 30.1 Å². The SMILES string of the molecule is CCN(CC)c1ncnc2nc[nH]c12. The molecule has 0 atom stereocenters. The maximum absolute atomic E-state index is 4.26. The van der Waals surface area contributed by atoms with E-state index in [1.165, 1.54) is 0 Å². The van der Waals surface area contributed by atoms with Crippen molar-refractivity contribution in [3.63, 3.8) is 0 Å². The van der Waals surface area contributed by atoms with Crippen LogP contribution in [0, 0.1) is 0 Å². The van der Waals surface area contributed by atoms with Crippen LogP contribution in [0.4, 0.5) is 5.82 Å². The Morgan fingerprint density at radius 3 is 2.71 bits per heavy atom. The van der Waals surface area contributed by atoms with E-state index in [1.54, 1.807) is 12.7 Å². The minimum atomic E-state index is 0.724. The number of hydrogen-bond acceptors (Lipinski definition) is 4. The van der Waals surface area contributed by atoms with Crippen molar-refractivity contribution in [2.24, 2.45) is 0 Å². The van der Waals surface area contributed by atoms with E-state index in [2.05, 4.69) is 38.7 Å². The van der Waals surface area contributed by atoms with Gasteiger partial charge in [0.1, 0.15) is 11.8 Å². The van der Waals surface area contributed by atoms with Gasteiger partial charge in [0.05, 0.1) is 6.33 Å². The third-order valence-electron chi connectivity index (χ3n) is 2.27. The first-order valence-electron chi connectivity index (χ1n) is 4.75. The molecule has 2 heterocycles. The van der Waals surface area contributed by atoms with Crippen LogP contribution >= 0.6 is 0 Å². The average molecular weight is 191 g/mol. The Morgan fingerprint density at radius 2 is 2.00 bits per heavy atom. The van der Waals surface area contributed by atoms with Crippen molar-refractivity contribution in [3.05, 3.63) is 12.7 Å². The zero-order valence-corrected chi connectivity index (χ0v) is 8.36. The summed E-state index contributed by atoms with van der Waals surface area (Å²) in [5.74, 6) is 0.928. The molecule has 0 spiro atoms. The molecule has 0 aliphatic carbocycles. The quantitative estimate of drug-likeness (QED) is 0.792. The first-order valence-corrected chi connectivity index (χ1v) is 4.75. The Hall–Kier alpha value is -1.65. The topological polar surface area (TPSA) is 57.7 Å². The maximum Gasteiger partial charge on any atom is 0.182 e. The molecule has 1 N–H and O–H groups in total. The lowest BCUT2D eigenvalue weighted by molar-refractivity contribution is 0.847. The molecule has 0 bridgehead atoms. The Kier molecular flexibility index (Phi) is 2.30. The van der Waals surface area contributed by atoms with E-state index >= 15 is 0 Å². The van der Waals surface area contributed by atoms with E-state index in [4.69, 9.17) is 0 Å². The van der Waals surface area contributed by atoms with Gasteiger partial charge in [0.25, 0.3) is 0 Å². The number of H-pyrrole nitrogens is 1. The molecule has 2 aromatic rings. The minimum Gasteiger partial charge on any atom is -0.355 e. The average Bonchev–Trinajstić information content (AvgIpc) is 2.68. The van der Waals surface area contributed by atoms with Gasteiger partial charge in [-0.3, -0.25) is 0 Å². The zero-order valence-electron chi connectivity index (χ0n) is 8.36. The van der Waals surface area contributed by atoms with Gasteiger partial charge in [0.15, 0.2) is 11.5 Å². The summed E-state index contributed by atoms with van der Waals surface area (Å²) >= 11 is 0. The van der Waals surface area contributed by atoms with E-state index in [-0.39, 0.29) is 0 Å². The van der Waals surface area contributed by atoms with E-state index < -0.39 is 0 Å². The lowest BCUT2D eigenvalue weighted by Crippen LogP contribution is -2.23. The molecule has 0 radical (unpaired) electrons. The number of nitrogens with one attached hydrogen (secondary N) is 1. The number of aromatic amines is 1. The number of imidazole rings is 1. The summed E-state index contributed by atoms with van der Waals surface area (Å²) in [7, 11) is 0. The number of aromatic nitrogens is 4. The third-order valence-corrected chi connectivity index (χ3v) is 2.27. The van der Waals surface area contributed by atoms with Gasteiger partial charge < -0.3 is 9.88 Å².